The standard InChI is InChI=1S/C8H17N5O/c1-4-14-7(2)6-13-8(5-9-3)10-11-12-13/h7,9H,4-6H2,1-3H3. The normalized spacial score (nSPS) is 13.1. The van der Waals surface area contributed by atoms with Gasteiger partial charge in [-0.2, -0.15) is 0 Å². The molecule has 0 radical (unpaired) electrons. The van der Waals surface area contributed by atoms with Crippen molar-refractivity contribution in [2.45, 2.75) is 33.0 Å². The molecule has 1 rings (SSSR count). The molecule has 14 heavy (non-hydrogen) atoms. The number of ether oxygens (including phenoxy) is 1. The molecule has 0 saturated carbocycles. The maximum atomic E-state index is 5.41. The molecule has 1 aromatic heterocycles. The van der Waals surface area contributed by atoms with Crippen LogP contribution in [-0.2, 0) is 17.8 Å². The maximum Gasteiger partial charge on any atom is 0.165 e. The summed E-state index contributed by atoms with van der Waals surface area (Å²) in [6.07, 6.45) is 0.138. The minimum atomic E-state index is 0.138. The second kappa shape index (κ2) is 5.66. The summed E-state index contributed by atoms with van der Waals surface area (Å²) in [5.41, 5.74) is 0. The van der Waals surface area contributed by atoms with Gasteiger partial charge in [-0.1, -0.05) is 0 Å². The van der Waals surface area contributed by atoms with Crippen LogP contribution in [0.1, 0.15) is 19.7 Å². The van der Waals surface area contributed by atoms with E-state index in [9.17, 15) is 0 Å². The van der Waals surface area contributed by atoms with Gasteiger partial charge in [0.2, 0.25) is 0 Å². The number of nitrogens with zero attached hydrogens (tertiary/aromatic N) is 4. The summed E-state index contributed by atoms with van der Waals surface area (Å²) in [5.74, 6) is 0.832. The van der Waals surface area contributed by atoms with Crippen molar-refractivity contribution in [2.75, 3.05) is 13.7 Å². The van der Waals surface area contributed by atoms with Crippen molar-refractivity contribution >= 4 is 0 Å². The fourth-order valence-electron chi connectivity index (χ4n) is 1.23. The predicted molar refractivity (Wildman–Crippen MR) is 51.7 cm³/mol. The van der Waals surface area contributed by atoms with Gasteiger partial charge in [0.25, 0.3) is 0 Å². The smallest absolute Gasteiger partial charge is 0.165 e. The summed E-state index contributed by atoms with van der Waals surface area (Å²) in [6.45, 7) is 6.06. The third kappa shape index (κ3) is 3.04. The van der Waals surface area contributed by atoms with E-state index in [0.717, 1.165) is 5.82 Å². The van der Waals surface area contributed by atoms with Crippen LogP contribution in [0.2, 0.25) is 0 Å². The lowest BCUT2D eigenvalue weighted by molar-refractivity contribution is 0.0603. The van der Waals surface area contributed by atoms with Crippen LogP contribution >= 0.6 is 0 Å². The lowest BCUT2D eigenvalue weighted by atomic mass is 10.4. The van der Waals surface area contributed by atoms with Crippen LogP contribution in [0.3, 0.4) is 0 Å². The van der Waals surface area contributed by atoms with E-state index in [1.54, 1.807) is 4.68 Å². The second-order valence-electron chi connectivity index (χ2n) is 3.07. The molecular formula is C8H17N5O. The van der Waals surface area contributed by atoms with Crippen molar-refractivity contribution in [2.24, 2.45) is 0 Å². The number of hydrogen-bond acceptors (Lipinski definition) is 5. The molecule has 1 atom stereocenters. The average Bonchev–Trinajstić information content (AvgIpc) is 2.54. The summed E-state index contributed by atoms with van der Waals surface area (Å²) in [6, 6.07) is 0. The van der Waals surface area contributed by atoms with Crippen LogP contribution in [-0.4, -0.2) is 40.0 Å². The van der Waals surface area contributed by atoms with Crippen molar-refractivity contribution in [1.82, 2.24) is 25.5 Å². The number of rotatable bonds is 6. The highest BCUT2D eigenvalue weighted by Gasteiger charge is 2.08. The third-order valence-electron chi connectivity index (χ3n) is 1.82. The molecule has 1 heterocycles. The fraction of sp³-hybridized carbons (Fsp3) is 0.875. The van der Waals surface area contributed by atoms with Crippen molar-refractivity contribution in [1.29, 1.82) is 0 Å². The molecule has 0 amide bonds. The van der Waals surface area contributed by atoms with Gasteiger partial charge in [0.1, 0.15) is 0 Å². The molecule has 0 fully saturated rings. The molecule has 6 nitrogen and oxygen atoms in total. The molecule has 1 unspecified atom stereocenters. The lowest BCUT2D eigenvalue weighted by Gasteiger charge is -2.11. The molecule has 0 spiro atoms. The zero-order valence-electron chi connectivity index (χ0n) is 8.90. The van der Waals surface area contributed by atoms with Crippen LogP contribution < -0.4 is 5.32 Å². The Balaban J connectivity index is 2.52. The van der Waals surface area contributed by atoms with Gasteiger partial charge in [-0.15, -0.1) is 5.10 Å². The summed E-state index contributed by atoms with van der Waals surface area (Å²) in [4.78, 5) is 0. The molecule has 1 N–H and O–H groups in total. The van der Waals surface area contributed by atoms with Gasteiger partial charge in [0.05, 0.1) is 19.2 Å². The Morgan fingerprint density at radius 1 is 1.57 bits per heavy atom. The summed E-state index contributed by atoms with van der Waals surface area (Å²) < 4.78 is 7.17. The van der Waals surface area contributed by atoms with E-state index in [4.69, 9.17) is 4.74 Å². The Labute approximate surface area is 83.6 Å². The maximum absolute atomic E-state index is 5.41. The Bertz CT molecular complexity index is 262. The Morgan fingerprint density at radius 3 is 3.00 bits per heavy atom. The van der Waals surface area contributed by atoms with E-state index >= 15 is 0 Å². The van der Waals surface area contributed by atoms with Gasteiger partial charge >= 0.3 is 0 Å². The summed E-state index contributed by atoms with van der Waals surface area (Å²) in [5, 5.41) is 14.4. The van der Waals surface area contributed by atoms with Gasteiger partial charge in [-0.05, 0) is 31.3 Å². The van der Waals surface area contributed by atoms with Gasteiger partial charge in [0, 0.05) is 6.61 Å². The quantitative estimate of drug-likeness (QED) is 0.688. The monoisotopic (exact) mass is 199 g/mol. The Hall–Kier alpha value is -1.01. The lowest BCUT2D eigenvalue weighted by Crippen LogP contribution is -2.21. The predicted octanol–water partition coefficient (Wildman–Crippen LogP) is -0.183. The Morgan fingerprint density at radius 2 is 2.36 bits per heavy atom. The first-order valence-corrected chi connectivity index (χ1v) is 4.79. The molecule has 0 bridgehead atoms. The number of hydrogen-bond donors (Lipinski definition) is 1. The van der Waals surface area contributed by atoms with Gasteiger partial charge in [-0.3, -0.25) is 0 Å². The molecule has 6 heteroatoms. The molecule has 0 saturated heterocycles. The molecular weight excluding hydrogens is 182 g/mol. The van der Waals surface area contributed by atoms with Crippen LogP contribution in [0.25, 0.3) is 0 Å². The molecule has 0 aliphatic rings. The van der Waals surface area contributed by atoms with E-state index in [2.05, 4.69) is 20.8 Å². The summed E-state index contributed by atoms with van der Waals surface area (Å²) in [7, 11) is 1.87. The molecule has 1 aromatic rings. The van der Waals surface area contributed by atoms with Crippen molar-refractivity contribution in [3.05, 3.63) is 5.82 Å². The van der Waals surface area contributed by atoms with E-state index in [0.29, 0.717) is 19.7 Å². The highest BCUT2D eigenvalue weighted by molar-refractivity contribution is 4.79. The zero-order valence-corrected chi connectivity index (χ0v) is 8.90. The van der Waals surface area contributed by atoms with Crippen LogP contribution in [0.15, 0.2) is 0 Å². The minimum Gasteiger partial charge on any atom is -0.377 e. The van der Waals surface area contributed by atoms with Crippen molar-refractivity contribution in [3.8, 4) is 0 Å². The van der Waals surface area contributed by atoms with E-state index in [-0.39, 0.29) is 6.10 Å². The largest absolute Gasteiger partial charge is 0.377 e. The molecule has 0 aliphatic heterocycles. The number of tetrazole rings is 1. The second-order valence-corrected chi connectivity index (χ2v) is 3.07. The summed E-state index contributed by atoms with van der Waals surface area (Å²) >= 11 is 0. The van der Waals surface area contributed by atoms with E-state index in [1.165, 1.54) is 0 Å². The minimum absolute atomic E-state index is 0.138. The van der Waals surface area contributed by atoms with Gasteiger partial charge in [-0.25, -0.2) is 4.68 Å². The van der Waals surface area contributed by atoms with Crippen molar-refractivity contribution < 1.29 is 4.74 Å². The fourth-order valence-corrected chi connectivity index (χ4v) is 1.23. The highest BCUT2D eigenvalue weighted by Crippen LogP contribution is 1.98. The van der Waals surface area contributed by atoms with E-state index in [1.807, 2.05) is 20.9 Å². The molecule has 0 aromatic carbocycles. The first-order chi connectivity index (χ1) is 6.77. The molecule has 80 valence electrons. The van der Waals surface area contributed by atoms with Crippen LogP contribution in [0.5, 0.6) is 0 Å². The molecule has 0 aliphatic carbocycles. The zero-order chi connectivity index (χ0) is 10.4. The highest BCUT2D eigenvalue weighted by atomic mass is 16.5. The Kier molecular flexibility index (Phi) is 4.48. The number of nitrogens with one attached hydrogen (secondary N) is 1. The van der Waals surface area contributed by atoms with Crippen LogP contribution in [0.4, 0.5) is 0 Å². The first-order valence-electron chi connectivity index (χ1n) is 4.79. The average molecular weight is 199 g/mol. The van der Waals surface area contributed by atoms with Gasteiger partial charge < -0.3 is 10.1 Å². The van der Waals surface area contributed by atoms with Gasteiger partial charge in [0.15, 0.2) is 5.82 Å². The number of aromatic nitrogens is 4. The van der Waals surface area contributed by atoms with Crippen LogP contribution in [0, 0.1) is 0 Å². The van der Waals surface area contributed by atoms with E-state index < -0.39 is 0 Å². The third-order valence-corrected chi connectivity index (χ3v) is 1.82. The van der Waals surface area contributed by atoms with Crippen molar-refractivity contribution in [3.63, 3.8) is 0 Å². The topological polar surface area (TPSA) is 64.9 Å². The first kappa shape index (κ1) is 11.1. The SMILES string of the molecule is CCOC(C)Cn1nnnc1CNC.